The Balaban J connectivity index is 2.31. The van der Waals surface area contributed by atoms with Crippen LogP contribution in [0.2, 0.25) is 0 Å². The van der Waals surface area contributed by atoms with Gasteiger partial charge in [0.15, 0.2) is 9.84 Å². The molecule has 3 rings (SSSR count). The summed E-state index contributed by atoms with van der Waals surface area (Å²) in [5, 5.41) is 11.6. The number of ether oxygens (including phenoxy) is 1. The summed E-state index contributed by atoms with van der Waals surface area (Å²) in [5.74, 6) is -0.695. The molecule has 29 heavy (non-hydrogen) atoms. The van der Waals surface area contributed by atoms with Crippen molar-refractivity contribution in [1.82, 2.24) is 0 Å². The number of aliphatic hydroxyl groups is 1. The summed E-state index contributed by atoms with van der Waals surface area (Å²) >= 11 is 0. The summed E-state index contributed by atoms with van der Waals surface area (Å²) in [7, 11) is -2.13. The summed E-state index contributed by atoms with van der Waals surface area (Å²) in [5.41, 5.74) is 0.227. The zero-order chi connectivity index (χ0) is 21.2. The molecule has 3 atom stereocenters. The SMILES string of the molecule is CCCC[C@]1(CC)CS(=O)(=O)c2ccc(OC)cc2[C@@H](c2cccc(F)c2)C1O. The first kappa shape index (κ1) is 21.8. The second kappa shape index (κ2) is 8.44. The molecule has 0 aromatic heterocycles. The van der Waals surface area contributed by atoms with Gasteiger partial charge in [0, 0.05) is 11.3 Å². The van der Waals surface area contributed by atoms with Gasteiger partial charge in [-0.3, -0.25) is 0 Å². The van der Waals surface area contributed by atoms with Gasteiger partial charge >= 0.3 is 0 Å². The van der Waals surface area contributed by atoms with Crippen LogP contribution in [0.25, 0.3) is 0 Å². The summed E-state index contributed by atoms with van der Waals surface area (Å²) in [6, 6.07) is 10.9. The predicted octanol–water partition coefficient (Wildman–Crippen LogP) is 4.70. The average molecular weight is 421 g/mol. The van der Waals surface area contributed by atoms with E-state index >= 15 is 0 Å². The van der Waals surface area contributed by atoms with Crippen LogP contribution in [0.4, 0.5) is 4.39 Å². The van der Waals surface area contributed by atoms with E-state index in [-0.39, 0.29) is 10.6 Å². The summed E-state index contributed by atoms with van der Waals surface area (Å²) < 4.78 is 46.2. The van der Waals surface area contributed by atoms with Crippen LogP contribution < -0.4 is 4.74 Å². The fourth-order valence-electron chi connectivity index (χ4n) is 4.54. The first-order valence-electron chi connectivity index (χ1n) is 10.1. The highest BCUT2D eigenvalue weighted by atomic mass is 32.2. The van der Waals surface area contributed by atoms with Crippen LogP contribution in [0.15, 0.2) is 47.4 Å². The standard InChI is InChI=1S/C23H29FO4S/c1-4-6-12-23(5-2)15-29(26,27)20-11-10-18(28-3)14-19(20)21(22(23)25)16-8-7-9-17(24)13-16/h7-11,13-14,21-22,25H,4-6,12,15H2,1-3H3/t21-,22?,23-/m1/s1. The minimum Gasteiger partial charge on any atom is -0.497 e. The Labute approximate surface area is 172 Å². The lowest BCUT2D eigenvalue weighted by atomic mass is 9.69. The van der Waals surface area contributed by atoms with Crippen LogP contribution in [-0.2, 0) is 9.84 Å². The minimum absolute atomic E-state index is 0.122. The molecule has 2 aromatic carbocycles. The molecule has 0 amide bonds. The molecule has 158 valence electrons. The normalized spacial score (nSPS) is 25.8. The molecular formula is C23H29FO4S. The Bertz CT molecular complexity index is 973. The van der Waals surface area contributed by atoms with Crippen molar-refractivity contribution < 1.29 is 22.7 Å². The van der Waals surface area contributed by atoms with E-state index in [1.807, 2.05) is 13.8 Å². The second-order valence-corrected chi connectivity index (χ2v) is 9.92. The lowest BCUT2D eigenvalue weighted by Gasteiger charge is -2.39. The molecule has 1 N–H and O–H groups in total. The van der Waals surface area contributed by atoms with Crippen LogP contribution in [0, 0.1) is 11.2 Å². The molecule has 1 aliphatic heterocycles. The van der Waals surface area contributed by atoms with E-state index in [2.05, 4.69) is 0 Å². The molecule has 0 spiro atoms. The summed E-state index contributed by atoms with van der Waals surface area (Å²) in [4.78, 5) is 0.193. The Hall–Kier alpha value is -1.92. The molecular weight excluding hydrogens is 391 g/mol. The summed E-state index contributed by atoms with van der Waals surface area (Å²) in [6.45, 7) is 3.97. The van der Waals surface area contributed by atoms with Gasteiger partial charge in [-0.2, -0.15) is 0 Å². The van der Waals surface area contributed by atoms with Gasteiger partial charge in [0.2, 0.25) is 0 Å². The van der Waals surface area contributed by atoms with Crippen LogP contribution in [0.1, 0.15) is 56.6 Å². The molecule has 0 fully saturated rings. The molecule has 0 bridgehead atoms. The zero-order valence-electron chi connectivity index (χ0n) is 17.2. The summed E-state index contributed by atoms with van der Waals surface area (Å²) in [6.07, 6.45) is 1.86. The Kier molecular flexibility index (Phi) is 6.34. The second-order valence-electron chi connectivity index (χ2n) is 7.96. The third-order valence-corrected chi connectivity index (χ3v) is 8.24. The van der Waals surface area contributed by atoms with Gasteiger partial charge in [-0.1, -0.05) is 38.8 Å². The maximum absolute atomic E-state index is 14.1. The van der Waals surface area contributed by atoms with Gasteiger partial charge in [-0.25, -0.2) is 12.8 Å². The minimum atomic E-state index is -3.65. The molecule has 4 nitrogen and oxygen atoms in total. The number of hydrogen-bond acceptors (Lipinski definition) is 4. The van der Waals surface area contributed by atoms with Gasteiger partial charge in [-0.15, -0.1) is 0 Å². The van der Waals surface area contributed by atoms with Gasteiger partial charge in [0.1, 0.15) is 11.6 Å². The Morgan fingerprint density at radius 3 is 2.59 bits per heavy atom. The fraction of sp³-hybridized carbons (Fsp3) is 0.478. The van der Waals surface area contributed by atoms with E-state index in [1.165, 1.54) is 19.2 Å². The van der Waals surface area contributed by atoms with E-state index in [9.17, 15) is 17.9 Å². The van der Waals surface area contributed by atoms with Crippen molar-refractivity contribution in [3.8, 4) is 5.75 Å². The van der Waals surface area contributed by atoms with Crippen molar-refractivity contribution in [3.05, 3.63) is 59.4 Å². The number of fused-ring (bicyclic) bond motifs is 1. The molecule has 0 radical (unpaired) electrons. The largest absolute Gasteiger partial charge is 0.497 e. The lowest BCUT2D eigenvalue weighted by Crippen LogP contribution is -2.42. The number of rotatable bonds is 6. The number of aliphatic hydroxyl groups excluding tert-OH is 1. The van der Waals surface area contributed by atoms with Crippen molar-refractivity contribution >= 4 is 9.84 Å². The topological polar surface area (TPSA) is 63.6 Å². The molecule has 2 aromatic rings. The van der Waals surface area contributed by atoms with Crippen LogP contribution in [0.5, 0.6) is 5.75 Å². The monoisotopic (exact) mass is 420 g/mol. The van der Waals surface area contributed by atoms with E-state index < -0.39 is 33.1 Å². The smallest absolute Gasteiger partial charge is 0.179 e. The first-order valence-corrected chi connectivity index (χ1v) is 11.8. The molecule has 1 unspecified atom stereocenters. The first-order chi connectivity index (χ1) is 13.8. The fourth-order valence-corrected chi connectivity index (χ4v) is 6.80. The van der Waals surface area contributed by atoms with Crippen molar-refractivity contribution in [2.45, 2.75) is 56.4 Å². The van der Waals surface area contributed by atoms with Crippen molar-refractivity contribution in [3.63, 3.8) is 0 Å². The van der Waals surface area contributed by atoms with Gasteiger partial charge < -0.3 is 9.84 Å². The molecule has 0 saturated heterocycles. The van der Waals surface area contributed by atoms with Crippen LogP contribution in [0.3, 0.4) is 0 Å². The highest BCUT2D eigenvalue weighted by molar-refractivity contribution is 7.91. The maximum atomic E-state index is 14.1. The molecule has 1 aliphatic rings. The van der Waals surface area contributed by atoms with E-state index in [0.717, 1.165) is 12.8 Å². The van der Waals surface area contributed by atoms with Crippen LogP contribution >= 0.6 is 0 Å². The highest BCUT2D eigenvalue weighted by Crippen LogP contribution is 2.49. The zero-order valence-corrected chi connectivity index (χ0v) is 18.0. The number of hydrogen-bond donors (Lipinski definition) is 1. The van der Waals surface area contributed by atoms with Crippen LogP contribution in [-0.4, -0.2) is 32.5 Å². The number of benzene rings is 2. The van der Waals surface area contributed by atoms with Gasteiger partial charge in [0.05, 0.1) is 23.9 Å². The molecule has 1 heterocycles. The van der Waals surface area contributed by atoms with Crippen molar-refractivity contribution in [2.24, 2.45) is 5.41 Å². The number of unbranched alkanes of at least 4 members (excludes halogenated alkanes) is 1. The lowest BCUT2D eigenvalue weighted by molar-refractivity contribution is 0.0173. The number of methoxy groups -OCH3 is 1. The van der Waals surface area contributed by atoms with E-state index in [1.54, 1.807) is 30.3 Å². The maximum Gasteiger partial charge on any atom is 0.179 e. The molecule has 0 aliphatic carbocycles. The number of halogens is 1. The van der Waals surface area contributed by atoms with E-state index in [4.69, 9.17) is 4.74 Å². The third-order valence-electron chi connectivity index (χ3n) is 6.25. The number of sulfone groups is 1. The highest BCUT2D eigenvalue weighted by Gasteiger charge is 2.49. The quantitative estimate of drug-likeness (QED) is 0.736. The van der Waals surface area contributed by atoms with E-state index in [0.29, 0.717) is 29.7 Å². The average Bonchev–Trinajstić information content (AvgIpc) is 2.77. The molecule has 0 saturated carbocycles. The van der Waals surface area contributed by atoms with Gasteiger partial charge in [0.25, 0.3) is 0 Å². The van der Waals surface area contributed by atoms with Gasteiger partial charge in [-0.05, 0) is 54.3 Å². The van der Waals surface area contributed by atoms with Crippen molar-refractivity contribution in [2.75, 3.05) is 12.9 Å². The molecule has 6 heteroatoms. The predicted molar refractivity (Wildman–Crippen MR) is 112 cm³/mol. The Morgan fingerprint density at radius 2 is 1.97 bits per heavy atom. The third kappa shape index (κ3) is 4.05. The Morgan fingerprint density at radius 1 is 1.21 bits per heavy atom. The van der Waals surface area contributed by atoms with Crippen molar-refractivity contribution in [1.29, 1.82) is 0 Å².